The minimum atomic E-state index is 0.0782. The van der Waals surface area contributed by atoms with Crippen molar-refractivity contribution in [2.45, 2.75) is 26.7 Å². The van der Waals surface area contributed by atoms with Gasteiger partial charge >= 0.3 is 0 Å². The molecule has 88 valence electrons. The number of benzene rings is 1. The summed E-state index contributed by atoms with van der Waals surface area (Å²) < 4.78 is 0. The zero-order valence-electron chi connectivity index (χ0n) is 10.3. The molecule has 2 heteroatoms. The van der Waals surface area contributed by atoms with Crippen LogP contribution in [0.5, 0.6) is 0 Å². The Bertz CT molecular complexity index is 516. The molecule has 0 heterocycles. The van der Waals surface area contributed by atoms with Crippen molar-refractivity contribution in [3.05, 3.63) is 57.6 Å². The molecule has 0 saturated heterocycles. The number of allylic oxidation sites excluding steroid dienone is 4. The highest BCUT2D eigenvalue weighted by Crippen LogP contribution is 2.35. The fraction of sp³-hybridized carbons (Fsp3) is 0.267. The van der Waals surface area contributed by atoms with Crippen molar-refractivity contribution in [2.75, 3.05) is 0 Å². The van der Waals surface area contributed by atoms with Gasteiger partial charge in [0.15, 0.2) is 5.78 Å². The van der Waals surface area contributed by atoms with Crippen LogP contribution in [0.15, 0.2) is 41.5 Å². The minimum Gasteiger partial charge on any atom is -0.290 e. The molecule has 0 atom stereocenters. The van der Waals surface area contributed by atoms with Crippen molar-refractivity contribution in [2.24, 2.45) is 0 Å². The predicted octanol–water partition coefficient (Wildman–Crippen LogP) is 4.21. The summed E-state index contributed by atoms with van der Waals surface area (Å²) >= 11 is 6.15. The molecule has 1 aliphatic rings. The van der Waals surface area contributed by atoms with E-state index in [1.54, 1.807) is 12.2 Å². The molecule has 1 aliphatic carbocycles. The molecule has 1 aromatic carbocycles. The number of aryl methyl sites for hydroxylation is 1. The monoisotopic (exact) mass is 246 g/mol. The molecule has 0 unspecified atom stereocenters. The van der Waals surface area contributed by atoms with Crippen LogP contribution in [0, 0.1) is 6.92 Å². The van der Waals surface area contributed by atoms with Gasteiger partial charge in [-0.15, -0.1) is 0 Å². The van der Waals surface area contributed by atoms with Crippen molar-refractivity contribution < 1.29 is 4.79 Å². The van der Waals surface area contributed by atoms with E-state index in [0.717, 1.165) is 27.3 Å². The van der Waals surface area contributed by atoms with Gasteiger partial charge in [0.1, 0.15) is 0 Å². The summed E-state index contributed by atoms with van der Waals surface area (Å²) in [5, 5.41) is 0.778. The molecule has 0 aliphatic heterocycles. The summed E-state index contributed by atoms with van der Waals surface area (Å²) in [6.45, 7) is 5.97. The Morgan fingerprint density at radius 2 is 1.65 bits per heavy atom. The van der Waals surface area contributed by atoms with Crippen LogP contribution >= 0.6 is 11.6 Å². The molecule has 0 N–H and O–H groups in total. The first kappa shape index (κ1) is 12.1. The van der Waals surface area contributed by atoms with Gasteiger partial charge in [0.2, 0.25) is 0 Å². The molecule has 0 radical (unpaired) electrons. The average Bonchev–Trinajstić information content (AvgIpc) is 2.21. The van der Waals surface area contributed by atoms with E-state index in [-0.39, 0.29) is 11.7 Å². The SMILES string of the molecule is CC1=CC(=O)C=C(C)C1c1ccc(C)c(Cl)c1. The maximum absolute atomic E-state index is 11.4. The molecule has 0 amide bonds. The Balaban J connectivity index is 2.46. The van der Waals surface area contributed by atoms with E-state index in [2.05, 4.69) is 6.07 Å². The van der Waals surface area contributed by atoms with Gasteiger partial charge in [0, 0.05) is 10.9 Å². The van der Waals surface area contributed by atoms with Gasteiger partial charge in [0.05, 0.1) is 0 Å². The molecule has 2 rings (SSSR count). The number of carbonyl (C=O) groups is 1. The highest BCUT2D eigenvalue weighted by atomic mass is 35.5. The summed E-state index contributed by atoms with van der Waals surface area (Å²) in [4.78, 5) is 11.4. The minimum absolute atomic E-state index is 0.0782. The first-order chi connectivity index (χ1) is 7.99. The van der Waals surface area contributed by atoms with Crippen molar-refractivity contribution in [3.8, 4) is 0 Å². The zero-order chi connectivity index (χ0) is 12.6. The Labute approximate surface area is 107 Å². The van der Waals surface area contributed by atoms with E-state index in [0.29, 0.717) is 0 Å². The largest absolute Gasteiger partial charge is 0.290 e. The third-order valence-corrected chi connectivity index (χ3v) is 3.59. The molecule has 17 heavy (non-hydrogen) atoms. The fourth-order valence-electron chi connectivity index (χ4n) is 2.33. The van der Waals surface area contributed by atoms with E-state index >= 15 is 0 Å². The van der Waals surface area contributed by atoms with Crippen LogP contribution in [-0.4, -0.2) is 5.78 Å². The first-order valence-electron chi connectivity index (χ1n) is 5.65. The maximum atomic E-state index is 11.4. The third-order valence-electron chi connectivity index (χ3n) is 3.18. The molecule has 0 aromatic heterocycles. The highest BCUT2D eigenvalue weighted by molar-refractivity contribution is 6.31. The zero-order valence-corrected chi connectivity index (χ0v) is 11.0. The first-order valence-corrected chi connectivity index (χ1v) is 6.03. The van der Waals surface area contributed by atoms with Gasteiger partial charge in [-0.2, -0.15) is 0 Å². The Hall–Kier alpha value is -1.34. The summed E-state index contributed by atoms with van der Waals surface area (Å²) in [5.74, 6) is 0.264. The lowest BCUT2D eigenvalue weighted by Gasteiger charge is -2.22. The lowest BCUT2D eigenvalue weighted by atomic mass is 9.82. The van der Waals surface area contributed by atoms with Crippen LogP contribution in [-0.2, 0) is 4.79 Å². The van der Waals surface area contributed by atoms with Crippen molar-refractivity contribution >= 4 is 17.4 Å². The van der Waals surface area contributed by atoms with E-state index in [4.69, 9.17) is 11.6 Å². The molecule has 1 nitrogen and oxygen atoms in total. The molecule has 0 spiro atoms. The number of hydrogen-bond donors (Lipinski definition) is 0. The second-order valence-electron chi connectivity index (χ2n) is 4.62. The molecule has 0 fully saturated rings. The predicted molar refractivity (Wildman–Crippen MR) is 71.5 cm³/mol. The fourth-order valence-corrected chi connectivity index (χ4v) is 2.52. The van der Waals surface area contributed by atoms with Gasteiger partial charge in [-0.25, -0.2) is 0 Å². The topological polar surface area (TPSA) is 17.1 Å². The second-order valence-corrected chi connectivity index (χ2v) is 5.03. The van der Waals surface area contributed by atoms with Crippen LogP contribution < -0.4 is 0 Å². The number of carbonyl (C=O) groups excluding carboxylic acids is 1. The van der Waals surface area contributed by atoms with Gasteiger partial charge in [0.25, 0.3) is 0 Å². The normalized spacial score (nSPS) is 16.8. The van der Waals surface area contributed by atoms with Crippen molar-refractivity contribution in [1.82, 2.24) is 0 Å². The van der Waals surface area contributed by atoms with E-state index in [1.165, 1.54) is 0 Å². The number of ketones is 1. The van der Waals surface area contributed by atoms with Gasteiger partial charge in [-0.3, -0.25) is 4.79 Å². The van der Waals surface area contributed by atoms with E-state index in [1.807, 2.05) is 32.9 Å². The Morgan fingerprint density at radius 3 is 2.18 bits per heavy atom. The van der Waals surface area contributed by atoms with Crippen LogP contribution in [0.4, 0.5) is 0 Å². The van der Waals surface area contributed by atoms with Gasteiger partial charge in [-0.05, 0) is 50.1 Å². The maximum Gasteiger partial charge on any atom is 0.178 e. The van der Waals surface area contributed by atoms with Crippen molar-refractivity contribution in [3.63, 3.8) is 0 Å². The highest BCUT2D eigenvalue weighted by Gasteiger charge is 2.20. The molecule has 0 saturated carbocycles. The van der Waals surface area contributed by atoms with Crippen LogP contribution in [0.3, 0.4) is 0 Å². The number of halogens is 1. The second kappa shape index (κ2) is 4.50. The molecule has 1 aromatic rings. The van der Waals surface area contributed by atoms with E-state index < -0.39 is 0 Å². The van der Waals surface area contributed by atoms with Crippen LogP contribution in [0.1, 0.15) is 30.9 Å². The summed E-state index contributed by atoms with van der Waals surface area (Å²) in [6, 6.07) is 6.09. The number of rotatable bonds is 1. The van der Waals surface area contributed by atoms with E-state index in [9.17, 15) is 4.79 Å². The summed E-state index contributed by atoms with van der Waals surface area (Å²) in [6.07, 6.45) is 3.40. The molecular weight excluding hydrogens is 232 g/mol. The lowest BCUT2D eigenvalue weighted by molar-refractivity contribution is -0.110. The molecule has 0 bridgehead atoms. The number of hydrogen-bond acceptors (Lipinski definition) is 1. The summed E-state index contributed by atoms with van der Waals surface area (Å²) in [7, 11) is 0. The van der Waals surface area contributed by atoms with Crippen LogP contribution in [0.2, 0.25) is 5.02 Å². The lowest BCUT2D eigenvalue weighted by Crippen LogP contribution is -2.10. The standard InChI is InChI=1S/C15H15ClO/c1-9-4-5-12(8-14(9)16)15-10(2)6-13(17)7-11(15)3/h4-8,15H,1-3H3. The Morgan fingerprint density at radius 1 is 1.06 bits per heavy atom. The summed E-state index contributed by atoms with van der Waals surface area (Å²) in [5.41, 5.74) is 4.38. The van der Waals surface area contributed by atoms with Gasteiger partial charge < -0.3 is 0 Å². The Kier molecular flexibility index (Phi) is 3.21. The van der Waals surface area contributed by atoms with Crippen LogP contribution in [0.25, 0.3) is 0 Å². The van der Waals surface area contributed by atoms with Crippen molar-refractivity contribution in [1.29, 1.82) is 0 Å². The van der Waals surface area contributed by atoms with Gasteiger partial charge in [-0.1, -0.05) is 34.9 Å². The third kappa shape index (κ3) is 2.34. The quantitative estimate of drug-likeness (QED) is 0.726. The smallest absolute Gasteiger partial charge is 0.178 e. The molecular formula is C15H15ClO. The average molecular weight is 247 g/mol.